The lowest BCUT2D eigenvalue weighted by Gasteiger charge is -2.26. The minimum atomic E-state index is -1.13. The number of ketones is 1. The summed E-state index contributed by atoms with van der Waals surface area (Å²) in [5.74, 6) is -2.50. The number of primary amides is 1. The topological polar surface area (TPSA) is 131 Å². The molecule has 0 radical (unpaired) electrons. The normalized spacial score (nSPS) is 13.8. The molecule has 8 nitrogen and oxygen atoms in total. The van der Waals surface area contributed by atoms with Gasteiger partial charge in [0.25, 0.3) is 5.91 Å². The molecular formula is C24H18ClN3O5. The molecule has 1 aromatic heterocycles. The number of nitrogens with two attached hydrogens (primary N) is 1. The summed E-state index contributed by atoms with van der Waals surface area (Å²) in [6.45, 7) is 0. The zero-order valence-corrected chi connectivity index (χ0v) is 18.1. The molecule has 0 spiro atoms. The molecule has 4 rings (SSSR count). The molecular weight excluding hydrogens is 446 g/mol. The molecule has 0 saturated carbocycles. The van der Waals surface area contributed by atoms with Crippen molar-refractivity contribution in [1.82, 2.24) is 4.98 Å². The van der Waals surface area contributed by atoms with Crippen LogP contribution in [-0.4, -0.2) is 40.7 Å². The molecule has 0 saturated heterocycles. The number of carbonyl (C=O) groups excluding carboxylic acids is 3. The second kappa shape index (κ2) is 9.88. The van der Waals surface area contributed by atoms with Crippen LogP contribution in [0.15, 0.2) is 72.6 Å². The summed E-state index contributed by atoms with van der Waals surface area (Å²) < 4.78 is 0. The Morgan fingerprint density at radius 3 is 2.30 bits per heavy atom. The van der Waals surface area contributed by atoms with E-state index in [0.29, 0.717) is 21.8 Å². The molecule has 2 amide bonds. The minimum Gasteiger partial charge on any atom is -0.478 e. The lowest BCUT2D eigenvalue weighted by Crippen LogP contribution is -2.36. The summed E-state index contributed by atoms with van der Waals surface area (Å²) in [5, 5.41) is 9.59. The smallest absolute Gasteiger partial charge is 0.335 e. The molecule has 2 aromatic carbocycles. The number of Topliss-reactive ketones (excluding diaryl/α,β-unsaturated/α-hetero) is 1. The van der Waals surface area contributed by atoms with E-state index in [0.717, 1.165) is 0 Å². The Morgan fingerprint density at radius 2 is 1.73 bits per heavy atom. The van der Waals surface area contributed by atoms with E-state index in [4.69, 9.17) is 22.4 Å². The van der Waals surface area contributed by atoms with Crippen molar-refractivity contribution >= 4 is 46.9 Å². The second-order valence-corrected chi connectivity index (χ2v) is 7.38. The van der Waals surface area contributed by atoms with Crippen LogP contribution in [0.25, 0.3) is 6.08 Å². The number of benzene rings is 2. The number of amides is 2. The van der Waals surface area contributed by atoms with E-state index in [1.165, 1.54) is 41.6 Å². The van der Waals surface area contributed by atoms with Crippen molar-refractivity contribution in [2.45, 2.75) is 0 Å². The van der Waals surface area contributed by atoms with E-state index >= 15 is 0 Å². The highest BCUT2D eigenvalue weighted by Gasteiger charge is 2.33. The Morgan fingerprint density at radius 1 is 1.03 bits per heavy atom. The van der Waals surface area contributed by atoms with E-state index in [9.17, 15) is 19.2 Å². The predicted molar refractivity (Wildman–Crippen MR) is 123 cm³/mol. The summed E-state index contributed by atoms with van der Waals surface area (Å²) >= 11 is 5.93. The van der Waals surface area contributed by atoms with Crippen molar-refractivity contribution in [3.05, 3.63) is 99.8 Å². The summed E-state index contributed by atoms with van der Waals surface area (Å²) in [4.78, 5) is 51.8. The first-order valence-corrected chi connectivity index (χ1v) is 9.94. The Bertz CT molecular complexity index is 1290. The van der Waals surface area contributed by atoms with Crippen molar-refractivity contribution in [3.8, 4) is 0 Å². The number of anilines is 1. The highest BCUT2D eigenvalue weighted by molar-refractivity contribution is 6.37. The van der Waals surface area contributed by atoms with Crippen LogP contribution >= 0.6 is 11.6 Å². The van der Waals surface area contributed by atoms with E-state index in [1.807, 2.05) is 0 Å². The molecule has 9 heteroatoms. The number of halogens is 1. The number of fused-ring (bicyclic) bond motifs is 1. The number of pyridine rings is 1. The monoisotopic (exact) mass is 463 g/mol. The van der Waals surface area contributed by atoms with Crippen LogP contribution in [0.2, 0.25) is 5.02 Å². The van der Waals surface area contributed by atoms with Gasteiger partial charge < -0.3 is 15.7 Å². The van der Waals surface area contributed by atoms with E-state index in [-0.39, 0.29) is 16.7 Å². The van der Waals surface area contributed by atoms with E-state index < -0.39 is 23.6 Å². The average molecular weight is 464 g/mol. The van der Waals surface area contributed by atoms with Gasteiger partial charge in [-0.05, 0) is 54.1 Å². The Balaban J connectivity index is 0.000000286. The zero-order valence-electron chi connectivity index (χ0n) is 17.4. The van der Waals surface area contributed by atoms with Gasteiger partial charge in [0.05, 0.1) is 16.8 Å². The summed E-state index contributed by atoms with van der Waals surface area (Å²) in [5.41, 5.74) is 6.59. The number of likely N-dealkylation sites (N-methyl/N-ethyl adjacent to an activating group) is 1. The number of carboxylic acid groups (broad SMARTS) is 1. The molecule has 1 aliphatic heterocycles. The van der Waals surface area contributed by atoms with Gasteiger partial charge in [-0.15, -0.1) is 0 Å². The van der Waals surface area contributed by atoms with Gasteiger partial charge in [-0.25, -0.2) is 4.79 Å². The van der Waals surface area contributed by atoms with E-state index in [2.05, 4.69) is 4.98 Å². The fourth-order valence-electron chi connectivity index (χ4n) is 3.08. The first-order valence-electron chi connectivity index (χ1n) is 9.56. The first kappa shape index (κ1) is 23.4. The van der Waals surface area contributed by atoms with Gasteiger partial charge in [0.2, 0.25) is 11.7 Å². The summed E-state index contributed by atoms with van der Waals surface area (Å²) in [6, 6.07) is 14.0. The number of aromatic carboxylic acids is 1. The van der Waals surface area contributed by atoms with Crippen molar-refractivity contribution in [1.29, 1.82) is 0 Å². The van der Waals surface area contributed by atoms with Crippen LogP contribution in [0.5, 0.6) is 0 Å². The van der Waals surface area contributed by atoms with Gasteiger partial charge >= 0.3 is 5.97 Å². The maximum Gasteiger partial charge on any atom is 0.335 e. The lowest BCUT2D eigenvalue weighted by atomic mass is 9.92. The zero-order chi connectivity index (χ0) is 24.1. The lowest BCUT2D eigenvalue weighted by molar-refractivity contribution is -0.114. The van der Waals surface area contributed by atoms with Gasteiger partial charge in [-0.2, -0.15) is 0 Å². The van der Waals surface area contributed by atoms with Crippen molar-refractivity contribution in [2.75, 3.05) is 11.9 Å². The fraction of sp³-hybridized carbons (Fsp3) is 0.0417. The fourth-order valence-corrected chi connectivity index (χ4v) is 3.28. The van der Waals surface area contributed by atoms with Crippen molar-refractivity contribution < 1.29 is 24.3 Å². The van der Waals surface area contributed by atoms with Gasteiger partial charge in [-0.1, -0.05) is 23.7 Å². The van der Waals surface area contributed by atoms with E-state index in [1.54, 1.807) is 43.4 Å². The maximum atomic E-state index is 12.7. The quantitative estimate of drug-likeness (QED) is 0.451. The third kappa shape index (κ3) is 5.31. The van der Waals surface area contributed by atoms with Crippen LogP contribution in [0.3, 0.4) is 0 Å². The maximum absolute atomic E-state index is 12.7. The molecule has 0 atom stereocenters. The summed E-state index contributed by atoms with van der Waals surface area (Å²) in [6.07, 6.45) is 4.52. The number of nitrogens with zero attached hydrogens (tertiary/aromatic N) is 2. The number of hydrogen-bond acceptors (Lipinski definition) is 5. The number of aromatic nitrogens is 1. The molecule has 0 unspecified atom stereocenters. The van der Waals surface area contributed by atoms with Gasteiger partial charge in [0.15, 0.2) is 0 Å². The number of hydrogen-bond donors (Lipinski definition) is 2. The molecule has 1 aliphatic rings. The molecule has 0 bridgehead atoms. The average Bonchev–Trinajstić information content (AvgIpc) is 2.81. The molecule has 0 fully saturated rings. The first-order chi connectivity index (χ1) is 15.7. The molecule has 2 heterocycles. The molecule has 3 aromatic rings. The minimum absolute atomic E-state index is 0.00745. The molecule has 166 valence electrons. The highest BCUT2D eigenvalue weighted by Crippen LogP contribution is 2.31. The number of carboxylic acids is 1. The van der Waals surface area contributed by atoms with Gasteiger partial charge in [0.1, 0.15) is 0 Å². The predicted octanol–water partition coefficient (Wildman–Crippen LogP) is 3.46. The van der Waals surface area contributed by atoms with Gasteiger partial charge in [-0.3, -0.25) is 19.4 Å². The third-order valence-corrected chi connectivity index (χ3v) is 4.99. The van der Waals surface area contributed by atoms with Crippen molar-refractivity contribution in [2.24, 2.45) is 5.73 Å². The molecule has 0 aliphatic carbocycles. The Hall–Kier alpha value is -4.30. The number of carbonyl (C=O) groups is 4. The standard InChI is InChI=1S/C18H12ClNO4.C6H6N2O/c1-20-15-6-5-11(18(23)24)9-13(15)16(21)14(17(20)22)8-10-3-2-4-12(19)7-10;7-6(9)5-1-3-8-4-2-5/h2-9H,1H3,(H,23,24);1-4H,(H2,7,9)/b14-8-;. The Kier molecular flexibility index (Phi) is 7.00. The summed E-state index contributed by atoms with van der Waals surface area (Å²) in [7, 11) is 1.54. The van der Waals surface area contributed by atoms with Crippen LogP contribution in [-0.2, 0) is 4.79 Å². The molecule has 3 N–H and O–H groups in total. The van der Waals surface area contributed by atoms with Crippen LogP contribution in [0.1, 0.15) is 36.6 Å². The molecule has 33 heavy (non-hydrogen) atoms. The van der Waals surface area contributed by atoms with Crippen molar-refractivity contribution in [3.63, 3.8) is 0 Å². The van der Waals surface area contributed by atoms with Crippen LogP contribution in [0.4, 0.5) is 5.69 Å². The largest absolute Gasteiger partial charge is 0.478 e. The van der Waals surface area contributed by atoms with Crippen LogP contribution in [0, 0.1) is 0 Å². The number of rotatable bonds is 3. The Labute approximate surface area is 193 Å². The third-order valence-electron chi connectivity index (χ3n) is 4.75. The van der Waals surface area contributed by atoms with Crippen LogP contribution < -0.4 is 10.6 Å². The highest BCUT2D eigenvalue weighted by atomic mass is 35.5. The SMILES string of the molecule is CN1C(=O)/C(=C\c2cccc(Cl)c2)C(=O)c2cc(C(=O)O)ccc21.NC(=O)c1ccncc1. The van der Waals surface area contributed by atoms with Gasteiger partial charge in [0, 0.05) is 35.6 Å². The second-order valence-electron chi connectivity index (χ2n) is 6.94.